The number of halogens is 2. The van der Waals surface area contributed by atoms with E-state index in [1.807, 2.05) is 6.07 Å². The molecule has 2 aromatic rings. The van der Waals surface area contributed by atoms with E-state index in [-0.39, 0.29) is 16.3 Å². The van der Waals surface area contributed by atoms with E-state index in [2.05, 4.69) is 21.2 Å². The molecule has 108 valence electrons. The summed E-state index contributed by atoms with van der Waals surface area (Å²) in [5.74, 6) is -1.58. The van der Waals surface area contributed by atoms with Crippen LogP contribution in [0.1, 0.15) is 26.3 Å². The van der Waals surface area contributed by atoms with E-state index < -0.39 is 11.9 Å². The summed E-state index contributed by atoms with van der Waals surface area (Å²) < 4.78 is 0.766. The number of anilines is 1. The summed E-state index contributed by atoms with van der Waals surface area (Å²) in [6.07, 6.45) is 0. The predicted octanol–water partition coefficient (Wildman–Crippen LogP) is 4.36. The van der Waals surface area contributed by atoms with Crippen molar-refractivity contribution in [2.45, 2.75) is 6.92 Å². The van der Waals surface area contributed by atoms with Crippen molar-refractivity contribution >= 4 is 45.1 Å². The van der Waals surface area contributed by atoms with Crippen molar-refractivity contribution in [3.63, 3.8) is 0 Å². The molecule has 0 heterocycles. The number of nitrogens with one attached hydrogen (secondary N) is 1. The summed E-state index contributed by atoms with van der Waals surface area (Å²) in [5.41, 5.74) is 1.29. The van der Waals surface area contributed by atoms with Crippen LogP contribution >= 0.6 is 27.5 Å². The van der Waals surface area contributed by atoms with Crippen molar-refractivity contribution in [3.8, 4) is 0 Å². The largest absolute Gasteiger partial charge is 0.478 e. The van der Waals surface area contributed by atoms with Gasteiger partial charge in [0.15, 0.2) is 0 Å². The van der Waals surface area contributed by atoms with E-state index >= 15 is 0 Å². The first-order valence-corrected chi connectivity index (χ1v) is 7.16. The van der Waals surface area contributed by atoms with Crippen LogP contribution in [0.4, 0.5) is 5.69 Å². The van der Waals surface area contributed by atoms with Crippen LogP contribution in [0.25, 0.3) is 0 Å². The first kappa shape index (κ1) is 15.5. The lowest BCUT2D eigenvalue weighted by Crippen LogP contribution is -2.16. The topological polar surface area (TPSA) is 66.4 Å². The van der Waals surface area contributed by atoms with Gasteiger partial charge in [0, 0.05) is 10.0 Å². The third kappa shape index (κ3) is 3.43. The van der Waals surface area contributed by atoms with Gasteiger partial charge in [0.1, 0.15) is 5.56 Å². The van der Waals surface area contributed by atoms with Gasteiger partial charge in [0.05, 0.1) is 10.7 Å². The van der Waals surface area contributed by atoms with Crippen LogP contribution in [0.3, 0.4) is 0 Å². The first-order chi connectivity index (χ1) is 9.90. The Morgan fingerprint density at radius 2 is 1.95 bits per heavy atom. The van der Waals surface area contributed by atoms with E-state index in [1.54, 1.807) is 25.1 Å². The smallest absolute Gasteiger partial charge is 0.339 e. The van der Waals surface area contributed by atoms with Crippen molar-refractivity contribution in [2.24, 2.45) is 0 Å². The van der Waals surface area contributed by atoms with Gasteiger partial charge in [-0.3, -0.25) is 4.79 Å². The standard InChI is InChI=1S/C15H11BrClNO3/c1-8-5-6-9(16)7-10(8)14(19)18-12-4-2-3-11(17)13(12)15(20)21/h2-7H,1H3,(H,18,19)(H,20,21). The Labute approximate surface area is 134 Å². The van der Waals surface area contributed by atoms with Crippen LogP contribution in [0.5, 0.6) is 0 Å². The molecule has 6 heteroatoms. The zero-order valence-corrected chi connectivity index (χ0v) is 13.3. The van der Waals surface area contributed by atoms with Gasteiger partial charge < -0.3 is 10.4 Å². The summed E-state index contributed by atoms with van der Waals surface area (Å²) in [4.78, 5) is 23.5. The number of carboxylic acids is 1. The fourth-order valence-corrected chi connectivity index (χ4v) is 2.49. The number of carbonyl (C=O) groups is 2. The molecule has 0 atom stereocenters. The lowest BCUT2D eigenvalue weighted by atomic mass is 10.1. The summed E-state index contributed by atoms with van der Waals surface area (Å²) >= 11 is 9.17. The molecule has 0 saturated carbocycles. The number of carbonyl (C=O) groups excluding carboxylic acids is 1. The number of rotatable bonds is 3. The van der Waals surface area contributed by atoms with Crippen molar-refractivity contribution in [3.05, 3.63) is 62.6 Å². The highest BCUT2D eigenvalue weighted by atomic mass is 79.9. The van der Waals surface area contributed by atoms with E-state index in [4.69, 9.17) is 11.6 Å². The van der Waals surface area contributed by atoms with Gasteiger partial charge in [0.2, 0.25) is 0 Å². The number of hydrogen-bond acceptors (Lipinski definition) is 2. The molecule has 2 rings (SSSR count). The molecular formula is C15H11BrClNO3. The van der Waals surface area contributed by atoms with Crippen LogP contribution < -0.4 is 5.32 Å². The number of aryl methyl sites for hydroxylation is 1. The average Bonchev–Trinajstić information content (AvgIpc) is 2.41. The summed E-state index contributed by atoms with van der Waals surface area (Å²) in [5, 5.41) is 11.9. The fraction of sp³-hybridized carbons (Fsp3) is 0.0667. The molecule has 1 amide bonds. The molecular weight excluding hydrogens is 358 g/mol. The second-order valence-corrected chi connectivity index (χ2v) is 5.70. The minimum absolute atomic E-state index is 0.0752. The Balaban J connectivity index is 2.39. The van der Waals surface area contributed by atoms with Gasteiger partial charge in [-0.05, 0) is 36.8 Å². The molecule has 0 aliphatic carbocycles. The van der Waals surface area contributed by atoms with Gasteiger partial charge >= 0.3 is 5.97 Å². The van der Waals surface area contributed by atoms with E-state index in [1.165, 1.54) is 12.1 Å². The molecule has 0 aromatic heterocycles. The number of amides is 1. The molecule has 0 aliphatic rings. The van der Waals surface area contributed by atoms with E-state index in [0.717, 1.165) is 10.0 Å². The van der Waals surface area contributed by atoms with Gasteiger partial charge in [-0.25, -0.2) is 4.79 Å². The van der Waals surface area contributed by atoms with E-state index in [9.17, 15) is 14.7 Å². The van der Waals surface area contributed by atoms with Crippen LogP contribution in [-0.2, 0) is 0 Å². The van der Waals surface area contributed by atoms with Crippen LogP contribution in [0.2, 0.25) is 5.02 Å². The minimum atomic E-state index is -1.19. The molecule has 0 aliphatic heterocycles. The fourth-order valence-electron chi connectivity index (χ4n) is 1.87. The van der Waals surface area contributed by atoms with Crippen molar-refractivity contribution in [2.75, 3.05) is 5.32 Å². The van der Waals surface area contributed by atoms with Gasteiger partial charge in [-0.15, -0.1) is 0 Å². The lowest BCUT2D eigenvalue weighted by molar-refractivity contribution is 0.0698. The molecule has 0 radical (unpaired) electrons. The number of aromatic carboxylic acids is 1. The maximum absolute atomic E-state index is 12.3. The monoisotopic (exact) mass is 367 g/mol. The molecule has 21 heavy (non-hydrogen) atoms. The predicted molar refractivity (Wildman–Crippen MR) is 85.2 cm³/mol. The highest BCUT2D eigenvalue weighted by molar-refractivity contribution is 9.10. The molecule has 0 bridgehead atoms. The summed E-state index contributed by atoms with van der Waals surface area (Å²) in [7, 11) is 0. The zero-order chi connectivity index (χ0) is 15.6. The normalized spacial score (nSPS) is 10.2. The SMILES string of the molecule is Cc1ccc(Br)cc1C(=O)Nc1cccc(Cl)c1C(=O)O. The van der Waals surface area contributed by atoms with Crippen LogP contribution in [0, 0.1) is 6.92 Å². The van der Waals surface area contributed by atoms with Gasteiger partial charge in [-0.2, -0.15) is 0 Å². The molecule has 0 unspecified atom stereocenters. The van der Waals surface area contributed by atoms with Crippen molar-refractivity contribution < 1.29 is 14.7 Å². The van der Waals surface area contributed by atoms with Crippen molar-refractivity contribution in [1.82, 2.24) is 0 Å². The van der Waals surface area contributed by atoms with Crippen molar-refractivity contribution in [1.29, 1.82) is 0 Å². The summed E-state index contributed by atoms with van der Waals surface area (Å²) in [6.45, 7) is 1.80. The Bertz CT molecular complexity index is 731. The Morgan fingerprint density at radius 1 is 1.24 bits per heavy atom. The lowest BCUT2D eigenvalue weighted by Gasteiger charge is -2.11. The first-order valence-electron chi connectivity index (χ1n) is 5.99. The molecule has 0 fully saturated rings. The Kier molecular flexibility index (Phi) is 4.65. The number of hydrogen-bond donors (Lipinski definition) is 2. The van der Waals surface area contributed by atoms with Gasteiger partial charge in [0.25, 0.3) is 5.91 Å². The molecule has 4 nitrogen and oxygen atoms in total. The van der Waals surface area contributed by atoms with Crippen LogP contribution in [0.15, 0.2) is 40.9 Å². The second-order valence-electron chi connectivity index (χ2n) is 4.38. The molecule has 0 saturated heterocycles. The maximum atomic E-state index is 12.3. The highest BCUT2D eigenvalue weighted by Gasteiger charge is 2.17. The second kappa shape index (κ2) is 6.28. The van der Waals surface area contributed by atoms with Gasteiger partial charge in [-0.1, -0.05) is 39.7 Å². The highest BCUT2D eigenvalue weighted by Crippen LogP contribution is 2.25. The number of carboxylic acid groups (broad SMARTS) is 1. The Hall–Kier alpha value is -1.85. The van der Waals surface area contributed by atoms with Crippen LogP contribution in [-0.4, -0.2) is 17.0 Å². The molecule has 0 spiro atoms. The molecule has 2 aromatic carbocycles. The third-order valence-electron chi connectivity index (χ3n) is 2.92. The Morgan fingerprint density at radius 3 is 2.62 bits per heavy atom. The number of benzene rings is 2. The maximum Gasteiger partial charge on any atom is 0.339 e. The van der Waals surface area contributed by atoms with E-state index in [0.29, 0.717) is 5.56 Å². The zero-order valence-electron chi connectivity index (χ0n) is 11.0. The third-order valence-corrected chi connectivity index (χ3v) is 3.73. The summed E-state index contributed by atoms with van der Waals surface area (Å²) in [6, 6.07) is 9.85. The average molecular weight is 369 g/mol. The molecule has 2 N–H and O–H groups in total. The quantitative estimate of drug-likeness (QED) is 0.846. The minimum Gasteiger partial charge on any atom is -0.478 e.